The summed E-state index contributed by atoms with van der Waals surface area (Å²) in [7, 11) is -3.48. The molecule has 1 rings (SSSR count). The lowest BCUT2D eigenvalue weighted by molar-refractivity contribution is 0.386. The van der Waals surface area contributed by atoms with Gasteiger partial charge in [0, 0.05) is 0 Å². The summed E-state index contributed by atoms with van der Waals surface area (Å²) in [6, 6.07) is 8.55. The van der Waals surface area contributed by atoms with Crippen molar-refractivity contribution in [2.45, 2.75) is 0 Å². The van der Waals surface area contributed by atoms with Crippen LogP contribution >= 0.6 is 23.5 Å². The van der Waals surface area contributed by atoms with Gasteiger partial charge in [-0.05, 0) is 12.1 Å². The molecule has 0 bridgehead atoms. The Morgan fingerprint density at radius 2 is 2.00 bits per heavy atom. The van der Waals surface area contributed by atoms with Crippen LogP contribution in [0.1, 0.15) is 0 Å². The van der Waals surface area contributed by atoms with Crippen LogP contribution in [0.5, 0.6) is 5.75 Å². The van der Waals surface area contributed by atoms with Crippen LogP contribution < -0.4 is 4.52 Å². The number of alkyl halides is 1. The third-order valence-electron chi connectivity index (χ3n) is 1.14. The minimum Gasteiger partial charge on any atom is -0.424 e. The highest BCUT2D eigenvalue weighted by Gasteiger charge is 2.17. The maximum Gasteiger partial charge on any atom is 0.387 e. The summed E-state index contributed by atoms with van der Waals surface area (Å²) in [5.41, 5.74) is 0. The predicted octanol–water partition coefficient (Wildman–Crippen LogP) is 2.60. The summed E-state index contributed by atoms with van der Waals surface area (Å²) >= 11 is 2.89. The lowest BCUT2D eigenvalue weighted by atomic mass is 10.3. The number of hydrogen-bond acceptors (Lipinski definition) is 2. The molecule has 1 unspecified atom stereocenters. The van der Waals surface area contributed by atoms with Gasteiger partial charge in [0.25, 0.3) is 0 Å². The molecule has 1 N–H and O–H groups in total. The molecule has 0 amide bonds. The molecule has 0 aliphatic heterocycles. The summed E-state index contributed by atoms with van der Waals surface area (Å²) in [5, 5.41) is -0.0606. The molecule has 3 nitrogen and oxygen atoms in total. The van der Waals surface area contributed by atoms with Crippen LogP contribution in [-0.4, -0.2) is 9.96 Å². The first kappa shape index (κ1) is 9.78. The van der Waals surface area contributed by atoms with Crippen LogP contribution in [0, 0.1) is 0 Å². The second-order valence-corrected chi connectivity index (χ2v) is 5.36. The Bertz CT molecular complexity index is 288. The Morgan fingerprint density at radius 1 is 1.42 bits per heavy atom. The average molecular weight is 251 g/mol. The zero-order valence-electron chi connectivity index (χ0n) is 6.18. The van der Waals surface area contributed by atoms with Gasteiger partial charge in [0.2, 0.25) is 0 Å². The zero-order chi connectivity index (χ0) is 9.03. The van der Waals surface area contributed by atoms with Gasteiger partial charge >= 0.3 is 7.60 Å². The van der Waals surface area contributed by atoms with Gasteiger partial charge in [-0.3, -0.25) is 0 Å². The SMILES string of the molecule is O=P(O)(CBr)Oc1ccccc1. The second kappa shape index (κ2) is 4.08. The number of para-hydroxylation sites is 1. The summed E-state index contributed by atoms with van der Waals surface area (Å²) < 4.78 is 15.9. The van der Waals surface area contributed by atoms with Gasteiger partial charge in [-0.1, -0.05) is 34.1 Å². The van der Waals surface area contributed by atoms with E-state index >= 15 is 0 Å². The fourth-order valence-electron chi connectivity index (χ4n) is 0.670. The minimum atomic E-state index is -3.48. The molecular weight excluding hydrogens is 243 g/mol. The zero-order valence-corrected chi connectivity index (χ0v) is 8.66. The van der Waals surface area contributed by atoms with Gasteiger partial charge in [-0.25, -0.2) is 4.57 Å². The second-order valence-electron chi connectivity index (χ2n) is 2.16. The molecule has 1 aromatic rings. The predicted molar refractivity (Wildman–Crippen MR) is 50.7 cm³/mol. The molecule has 0 radical (unpaired) electrons. The third-order valence-corrected chi connectivity index (χ3v) is 3.84. The number of hydrogen-bond donors (Lipinski definition) is 1. The average Bonchev–Trinajstić information content (AvgIpc) is 2.06. The van der Waals surface area contributed by atoms with Crippen molar-refractivity contribution in [3.63, 3.8) is 0 Å². The van der Waals surface area contributed by atoms with Crippen molar-refractivity contribution in [3.8, 4) is 5.75 Å². The standard InChI is InChI=1S/C7H8BrO3P/c8-6-12(9,10)11-7-4-2-1-3-5-7/h1-5H,6H2,(H,9,10). The van der Waals surface area contributed by atoms with E-state index in [0.717, 1.165) is 0 Å². The van der Waals surface area contributed by atoms with Crippen LogP contribution in [0.4, 0.5) is 0 Å². The molecule has 0 heterocycles. The molecule has 0 saturated carbocycles. The van der Waals surface area contributed by atoms with E-state index in [0.29, 0.717) is 5.75 Å². The molecule has 0 saturated heterocycles. The van der Waals surface area contributed by atoms with Gasteiger partial charge in [-0.2, -0.15) is 0 Å². The van der Waals surface area contributed by atoms with Gasteiger partial charge in [0.1, 0.15) is 10.8 Å². The monoisotopic (exact) mass is 250 g/mol. The molecule has 1 atom stereocenters. The Balaban J connectivity index is 2.71. The van der Waals surface area contributed by atoms with Crippen molar-refractivity contribution >= 4 is 23.5 Å². The Hall–Kier alpha value is -0.310. The summed E-state index contributed by atoms with van der Waals surface area (Å²) in [6.07, 6.45) is 0. The van der Waals surface area contributed by atoms with Crippen molar-refractivity contribution in [1.82, 2.24) is 0 Å². The smallest absolute Gasteiger partial charge is 0.387 e. The highest BCUT2D eigenvalue weighted by Crippen LogP contribution is 2.43. The molecule has 66 valence electrons. The Labute approximate surface area is 79.0 Å². The highest BCUT2D eigenvalue weighted by atomic mass is 79.9. The van der Waals surface area contributed by atoms with Crippen LogP contribution in [0.3, 0.4) is 0 Å². The maximum absolute atomic E-state index is 11.0. The van der Waals surface area contributed by atoms with Crippen molar-refractivity contribution in [2.24, 2.45) is 0 Å². The minimum absolute atomic E-state index is 0.0606. The molecule has 0 fully saturated rings. The highest BCUT2D eigenvalue weighted by molar-refractivity contribution is 9.10. The molecule has 0 spiro atoms. The quantitative estimate of drug-likeness (QED) is 0.663. The molecular formula is C7H8BrO3P. The number of rotatable bonds is 3. The van der Waals surface area contributed by atoms with E-state index in [4.69, 9.17) is 9.42 Å². The molecule has 0 aliphatic rings. The lowest BCUT2D eigenvalue weighted by Gasteiger charge is -2.09. The van der Waals surface area contributed by atoms with E-state index in [9.17, 15) is 4.57 Å². The van der Waals surface area contributed by atoms with Crippen molar-refractivity contribution in [1.29, 1.82) is 0 Å². The van der Waals surface area contributed by atoms with Crippen LogP contribution in [0.2, 0.25) is 0 Å². The summed E-state index contributed by atoms with van der Waals surface area (Å²) in [5.74, 6) is 0.405. The molecule has 5 heteroatoms. The largest absolute Gasteiger partial charge is 0.424 e. The van der Waals surface area contributed by atoms with E-state index in [1.165, 1.54) is 0 Å². The number of benzene rings is 1. The van der Waals surface area contributed by atoms with Crippen molar-refractivity contribution in [3.05, 3.63) is 30.3 Å². The van der Waals surface area contributed by atoms with E-state index in [1.54, 1.807) is 24.3 Å². The van der Waals surface area contributed by atoms with Gasteiger partial charge in [0.15, 0.2) is 0 Å². The maximum atomic E-state index is 11.0. The fourth-order valence-corrected chi connectivity index (χ4v) is 1.48. The topological polar surface area (TPSA) is 46.5 Å². The Morgan fingerprint density at radius 3 is 2.50 bits per heavy atom. The summed E-state index contributed by atoms with van der Waals surface area (Å²) in [6.45, 7) is 0. The molecule has 12 heavy (non-hydrogen) atoms. The molecule has 1 aromatic carbocycles. The first-order valence-electron chi connectivity index (χ1n) is 3.26. The van der Waals surface area contributed by atoms with E-state index < -0.39 is 7.60 Å². The van der Waals surface area contributed by atoms with E-state index in [2.05, 4.69) is 15.9 Å². The van der Waals surface area contributed by atoms with E-state index in [-0.39, 0.29) is 5.07 Å². The lowest BCUT2D eigenvalue weighted by Crippen LogP contribution is -1.91. The summed E-state index contributed by atoms with van der Waals surface area (Å²) in [4.78, 5) is 9.06. The molecule has 0 aromatic heterocycles. The first-order chi connectivity index (χ1) is 5.64. The van der Waals surface area contributed by atoms with Crippen LogP contribution in [0.15, 0.2) is 30.3 Å². The van der Waals surface area contributed by atoms with Gasteiger partial charge in [-0.15, -0.1) is 0 Å². The van der Waals surface area contributed by atoms with Crippen LogP contribution in [0.25, 0.3) is 0 Å². The Kier molecular flexibility index (Phi) is 3.32. The number of halogens is 1. The first-order valence-corrected chi connectivity index (χ1v) is 6.15. The normalized spacial score (nSPS) is 15.2. The van der Waals surface area contributed by atoms with Crippen LogP contribution in [-0.2, 0) is 4.57 Å². The van der Waals surface area contributed by atoms with Crippen molar-refractivity contribution < 1.29 is 14.0 Å². The van der Waals surface area contributed by atoms with E-state index in [1.807, 2.05) is 6.07 Å². The van der Waals surface area contributed by atoms with Gasteiger partial charge in [0.05, 0.1) is 0 Å². The fraction of sp³-hybridized carbons (Fsp3) is 0.143. The van der Waals surface area contributed by atoms with Crippen molar-refractivity contribution in [2.75, 3.05) is 5.07 Å². The third kappa shape index (κ3) is 2.97. The molecule has 0 aliphatic carbocycles. The van der Waals surface area contributed by atoms with Gasteiger partial charge < -0.3 is 9.42 Å².